The van der Waals surface area contributed by atoms with Gasteiger partial charge in [0.1, 0.15) is 5.82 Å². The molecule has 0 saturated carbocycles. The topological polar surface area (TPSA) is 80.6 Å². The van der Waals surface area contributed by atoms with Gasteiger partial charge in [-0.3, -0.25) is 0 Å². The molecular weight excluding hydrogens is 218 g/mol. The van der Waals surface area contributed by atoms with E-state index in [-0.39, 0.29) is 5.69 Å². The maximum atomic E-state index is 11.1. The minimum Gasteiger partial charge on any atom is -0.476 e. The van der Waals surface area contributed by atoms with Crippen molar-refractivity contribution in [2.75, 3.05) is 5.73 Å². The highest BCUT2D eigenvalue weighted by Crippen LogP contribution is 2.18. The normalized spacial score (nSPS) is 11.2. The Morgan fingerprint density at radius 1 is 1.59 bits per heavy atom. The zero-order valence-corrected chi connectivity index (χ0v) is 9.84. The molecule has 0 radical (unpaired) electrons. The molecule has 0 saturated heterocycles. The number of nitrogens with two attached hydrogens (primary N) is 1. The first-order valence-corrected chi connectivity index (χ1v) is 5.48. The Morgan fingerprint density at radius 3 is 2.88 bits per heavy atom. The Labute approximate surface area is 98.9 Å². The molecule has 0 aliphatic carbocycles. The number of carboxylic acids is 1. The summed E-state index contributed by atoms with van der Waals surface area (Å²) < 4.78 is 1.79. The number of carboxylic acid groups (broad SMARTS) is 1. The van der Waals surface area contributed by atoms with Gasteiger partial charge in [0.15, 0.2) is 5.69 Å². The van der Waals surface area contributed by atoms with Crippen molar-refractivity contribution in [2.45, 2.75) is 20.3 Å². The molecule has 0 fully saturated rings. The lowest BCUT2D eigenvalue weighted by atomic mass is 10.1. The highest BCUT2D eigenvalue weighted by molar-refractivity contribution is 5.94. The van der Waals surface area contributed by atoms with E-state index < -0.39 is 5.97 Å². The molecule has 5 heteroatoms. The van der Waals surface area contributed by atoms with E-state index >= 15 is 0 Å². The van der Waals surface area contributed by atoms with E-state index in [2.05, 4.69) is 18.8 Å². The van der Waals surface area contributed by atoms with Crippen molar-refractivity contribution in [1.82, 2.24) is 9.38 Å². The minimum atomic E-state index is -1.02. The molecule has 3 N–H and O–H groups in total. The summed E-state index contributed by atoms with van der Waals surface area (Å²) >= 11 is 0. The van der Waals surface area contributed by atoms with Crippen LogP contribution in [0.1, 0.15) is 30.2 Å². The van der Waals surface area contributed by atoms with Crippen molar-refractivity contribution >= 4 is 17.2 Å². The Balaban J connectivity index is 2.66. The molecule has 2 rings (SSSR count). The highest BCUT2D eigenvalue weighted by atomic mass is 16.4. The zero-order chi connectivity index (χ0) is 12.6. The van der Waals surface area contributed by atoms with Crippen molar-refractivity contribution in [3.63, 3.8) is 0 Å². The smallest absolute Gasteiger partial charge is 0.356 e. The molecule has 0 spiro atoms. The van der Waals surface area contributed by atoms with Crippen LogP contribution in [-0.2, 0) is 6.42 Å². The first-order chi connectivity index (χ1) is 7.99. The summed E-state index contributed by atoms with van der Waals surface area (Å²) in [6.45, 7) is 4.14. The van der Waals surface area contributed by atoms with Crippen molar-refractivity contribution < 1.29 is 9.90 Å². The van der Waals surface area contributed by atoms with E-state index in [1.165, 1.54) is 0 Å². The summed E-state index contributed by atoms with van der Waals surface area (Å²) in [5.41, 5.74) is 6.82. The first-order valence-electron chi connectivity index (χ1n) is 5.48. The number of rotatable bonds is 3. The van der Waals surface area contributed by atoms with Gasteiger partial charge in [-0.25, -0.2) is 9.78 Å². The predicted molar refractivity (Wildman–Crippen MR) is 65.1 cm³/mol. The summed E-state index contributed by atoms with van der Waals surface area (Å²) in [4.78, 5) is 15.3. The van der Waals surface area contributed by atoms with E-state index in [0.29, 0.717) is 17.1 Å². The van der Waals surface area contributed by atoms with Crippen LogP contribution in [-0.4, -0.2) is 20.5 Å². The van der Waals surface area contributed by atoms with Gasteiger partial charge < -0.3 is 15.2 Å². The van der Waals surface area contributed by atoms with Crippen LogP contribution in [0.25, 0.3) is 5.52 Å². The van der Waals surface area contributed by atoms with E-state index in [4.69, 9.17) is 10.8 Å². The molecule has 2 heterocycles. The second-order valence-corrected chi connectivity index (χ2v) is 4.50. The van der Waals surface area contributed by atoms with Crippen molar-refractivity contribution in [2.24, 2.45) is 5.92 Å². The number of pyridine rings is 1. The average molecular weight is 233 g/mol. The second kappa shape index (κ2) is 4.08. The Morgan fingerprint density at radius 2 is 2.29 bits per heavy atom. The quantitative estimate of drug-likeness (QED) is 0.847. The highest BCUT2D eigenvalue weighted by Gasteiger charge is 2.17. The van der Waals surface area contributed by atoms with Gasteiger partial charge in [0.25, 0.3) is 0 Å². The fourth-order valence-corrected chi connectivity index (χ4v) is 1.83. The maximum absolute atomic E-state index is 11.1. The summed E-state index contributed by atoms with van der Waals surface area (Å²) in [6.07, 6.45) is 2.50. The van der Waals surface area contributed by atoms with Crippen LogP contribution in [0.2, 0.25) is 0 Å². The van der Waals surface area contributed by atoms with Crippen LogP contribution >= 0.6 is 0 Å². The Hall–Kier alpha value is -2.04. The Kier molecular flexibility index (Phi) is 2.75. The average Bonchev–Trinajstić information content (AvgIpc) is 2.55. The number of carbonyl (C=O) groups is 1. The number of hydrogen-bond acceptors (Lipinski definition) is 3. The van der Waals surface area contributed by atoms with Gasteiger partial charge in [0, 0.05) is 18.3 Å². The lowest BCUT2D eigenvalue weighted by Gasteiger charge is -2.03. The van der Waals surface area contributed by atoms with Gasteiger partial charge in [-0.2, -0.15) is 0 Å². The SMILES string of the molecule is CC(C)Cc1nc(C(=O)O)c2cc(N)ccn12. The fraction of sp³-hybridized carbons (Fsp3) is 0.333. The molecule has 2 aromatic rings. The summed E-state index contributed by atoms with van der Waals surface area (Å²) in [5.74, 6) is 0.148. The van der Waals surface area contributed by atoms with Crippen LogP contribution in [0.5, 0.6) is 0 Å². The number of nitrogen functional groups attached to an aromatic ring is 1. The van der Waals surface area contributed by atoms with Crippen LogP contribution in [0, 0.1) is 5.92 Å². The second-order valence-electron chi connectivity index (χ2n) is 4.50. The predicted octanol–water partition coefficient (Wildman–Crippen LogP) is 1.81. The van der Waals surface area contributed by atoms with Crippen LogP contribution in [0.4, 0.5) is 5.69 Å². The van der Waals surface area contributed by atoms with Crippen molar-refractivity contribution in [1.29, 1.82) is 0 Å². The molecular formula is C12H15N3O2. The summed E-state index contributed by atoms with van der Waals surface area (Å²) in [5, 5.41) is 9.10. The number of nitrogens with zero attached hydrogens (tertiary/aromatic N) is 2. The number of anilines is 1. The molecule has 0 atom stereocenters. The number of fused-ring (bicyclic) bond motifs is 1. The molecule has 0 aromatic carbocycles. The summed E-state index contributed by atoms with van der Waals surface area (Å²) in [7, 11) is 0. The number of aromatic nitrogens is 2. The molecule has 90 valence electrons. The van der Waals surface area contributed by atoms with E-state index in [1.54, 1.807) is 22.7 Å². The van der Waals surface area contributed by atoms with E-state index in [1.807, 2.05) is 0 Å². The van der Waals surface area contributed by atoms with Gasteiger partial charge in [-0.05, 0) is 18.1 Å². The fourth-order valence-electron chi connectivity index (χ4n) is 1.83. The van der Waals surface area contributed by atoms with Crippen molar-refractivity contribution in [3.05, 3.63) is 29.8 Å². The van der Waals surface area contributed by atoms with Crippen LogP contribution in [0.3, 0.4) is 0 Å². The Bertz CT molecular complexity index is 572. The monoisotopic (exact) mass is 233 g/mol. The third-order valence-corrected chi connectivity index (χ3v) is 2.53. The maximum Gasteiger partial charge on any atom is 0.356 e. The number of aromatic carboxylic acids is 1. The van der Waals surface area contributed by atoms with Crippen LogP contribution in [0.15, 0.2) is 18.3 Å². The molecule has 0 amide bonds. The van der Waals surface area contributed by atoms with Gasteiger partial charge in [-0.15, -0.1) is 0 Å². The van der Waals surface area contributed by atoms with Gasteiger partial charge >= 0.3 is 5.97 Å². The molecule has 5 nitrogen and oxygen atoms in total. The van der Waals surface area contributed by atoms with Crippen LogP contribution < -0.4 is 5.73 Å². The standard InChI is InChI=1S/C12H15N3O2/c1-7(2)5-10-14-11(12(16)17)9-6-8(13)3-4-15(9)10/h3-4,6-7H,5,13H2,1-2H3,(H,16,17). The summed E-state index contributed by atoms with van der Waals surface area (Å²) in [6, 6.07) is 3.38. The third kappa shape index (κ3) is 2.08. The lowest BCUT2D eigenvalue weighted by Crippen LogP contribution is -2.00. The minimum absolute atomic E-state index is 0.0629. The third-order valence-electron chi connectivity index (χ3n) is 2.53. The van der Waals surface area contributed by atoms with Gasteiger partial charge in [0.2, 0.25) is 0 Å². The van der Waals surface area contributed by atoms with Gasteiger partial charge in [-0.1, -0.05) is 13.8 Å². The zero-order valence-electron chi connectivity index (χ0n) is 9.84. The molecule has 0 aliphatic rings. The first kappa shape index (κ1) is 11.4. The molecule has 17 heavy (non-hydrogen) atoms. The molecule has 0 bridgehead atoms. The van der Waals surface area contributed by atoms with Gasteiger partial charge in [0.05, 0.1) is 5.52 Å². The number of imidazole rings is 1. The number of hydrogen-bond donors (Lipinski definition) is 2. The van der Waals surface area contributed by atoms with E-state index in [0.717, 1.165) is 12.2 Å². The lowest BCUT2D eigenvalue weighted by molar-refractivity contribution is 0.0693. The molecule has 0 aliphatic heterocycles. The molecule has 0 unspecified atom stereocenters. The largest absolute Gasteiger partial charge is 0.476 e. The van der Waals surface area contributed by atoms with Crippen molar-refractivity contribution in [3.8, 4) is 0 Å². The van der Waals surface area contributed by atoms with E-state index in [9.17, 15) is 4.79 Å². The molecule has 2 aromatic heterocycles.